The number of aryl methyl sites for hydroxylation is 1. The Balaban J connectivity index is 2.47. The lowest BCUT2D eigenvalue weighted by Crippen LogP contribution is -2.23. The zero-order valence-corrected chi connectivity index (χ0v) is 10.7. The number of allylic oxidation sites excluding steroid dienone is 1. The van der Waals surface area contributed by atoms with Gasteiger partial charge in [0, 0.05) is 17.9 Å². The van der Waals surface area contributed by atoms with Gasteiger partial charge in [0.15, 0.2) is 0 Å². The van der Waals surface area contributed by atoms with E-state index in [1.807, 2.05) is 13.1 Å². The van der Waals surface area contributed by atoms with E-state index in [0.29, 0.717) is 6.04 Å². The van der Waals surface area contributed by atoms with E-state index in [4.69, 9.17) is 0 Å². The van der Waals surface area contributed by atoms with Crippen LogP contribution >= 0.6 is 0 Å². The van der Waals surface area contributed by atoms with Crippen LogP contribution in [0.5, 0.6) is 0 Å². The fourth-order valence-corrected chi connectivity index (χ4v) is 1.48. The van der Waals surface area contributed by atoms with Gasteiger partial charge in [-0.15, -0.1) is 0 Å². The minimum Gasteiger partial charge on any atom is -0.314 e. The molecule has 0 saturated carbocycles. The molecule has 1 aromatic rings. The summed E-state index contributed by atoms with van der Waals surface area (Å²) in [6.45, 7) is 9.52. The predicted molar refractivity (Wildman–Crippen MR) is 70.4 cm³/mol. The van der Waals surface area contributed by atoms with E-state index in [9.17, 15) is 0 Å². The third-order valence-corrected chi connectivity index (χ3v) is 2.51. The maximum absolute atomic E-state index is 4.30. The summed E-state index contributed by atoms with van der Waals surface area (Å²) in [7, 11) is 0. The predicted octanol–water partition coefficient (Wildman–Crippen LogP) is 3.18. The van der Waals surface area contributed by atoms with Crippen molar-refractivity contribution >= 4 is 5.57 Å². The average Bonchev–Trinajstić information content (AvgIpc) is 2.25. The van der Waals surface area contributed by atoms with Crippen LogP contribution in [-0.4, -0.2) is 17.6 Å². The highest BCUT2D eigenvalue weighted by molar-refractivity contribution is 5.62. The van der Waals surface area contributed by atoms with Crippen molar-refractivity contribution in [2.45, 2.75) is 40.2 Å². The summed E-state index contributed by atoms with van der Waals surface area (Å²) < 4.78 is 0. The number of nitrogens with zero attached hydrogens (tertiary/aromatic N) is 1. The van der Waals surface area contributed by atoms with Crippen LogP contribution in [0.15, 0.2) is 24.4 Å². The summed E-state index contributed by atoms with van der Waals surface area (Å²) >= 11 is 0. The molecule has 0 aromatic carbocycles. The molecule has 0 amide bonds. The zero-order valence-electron chi connectivity index (χ0n) is 10.7. The third kappa shape index (κ3) is 4.58. The molecular formula is C14H22N2. The lowest BCUT2D eigenvalue weighted by molar-refractivity contribution is 0.595. The van der Waals surface area contributed by atoms with Crippen LogP contribution in [0.25, 0.3) is 5.57 Å². The molecule has 1 heterocycles. The summed E-state index contributed by atoms with van der Waals surface area (Å²) in [5.41, 5.74) is 3.59. The zero-order chi connectivity index (χ0) is 12.0. The number of pyridine rings is 1. The summed E-state index contributed by atoms with van der Waals surface area (Å²) in [6.07, 6.45) is 5.27. The number of hydrogen-bond acceptors (Lipinski definition) is 2. The van der Waals surface area contributed by atoms with Crippen molar-refractivity contribution in [2.75, 3.05) is 6.54 Å². The van der Waals surface area contributed by atoms with Gasteiger partial charge in [-0.3, -0.25) is 4.98 Å². The normalized spacial score (nSPS) is 12.2. The van der Waals surface area contributed by atoms with Gasteiger partial charge in [-0.2, -0.15) is 0 Å². The van der Waals surface area contributed by atoms with E-state index in [1.165, 1.54) is 11.1 Å². The van der Waals surface area contributed by atoms with Crippen LogP contribution in [0.3, 0.4) is 0 Å². The van der Waals surface area contributed by atoms with Gasteiger partial charge in [0.1, 0.15) is 0 Å². The first kappa shape index (κ1) is 12.9. The van der Waals surface area contributed by atoms with Gasteiger partial charge in [0.25, 0.3) is 0 Å². The van der Waals surface area contributed by atoms with Crippen molar-refractivity contribution in [1.29, 1.82) is 0 Å². The number of rotatable bonds is 5. The van der Waals surface area contributed by atoms with Crippen molar-refractivity contribution < 1.29 is 0 Å². The SMILES string of the molecule is CC(=CCCNC(C)C)c1ccc(C)nc1. The topological polar surface area (TPSA) is 24.9 Å². The number of nitrogens with one attached hydrogen (secondary N) is 1. The van der Waals surface area contributed by atoms with E-state index in [2.05, 4.69) is 49.3 Å². The van der Waals surface area contributed by atoms with Crippen LogP contribution in [0, 0.1) is 6.92 Å². The summed E-state index contributed by atoms with van der Waals surface area (Å²) in [5.74, 6) is 0. The van der Waals surface area contributed by atoms with Crippen LogP contribution in [0.2, 0.25) is 0 Å². The van der Waals surface area contributed by atoms with Gasteiger partial charge in [-0.05, 0) is 44.0 Å². The molecule has 0 spiro atoms. The molecule has 0 atom stereocenters. The van der Waals surface area contributed by atoms with Gasteiger partial charge < -0.3 is 5.32 Å². The standard InChI is InChI=1S/C14H22N2/c1-11(2)15-9-5-6-12(3)14-8-7-13(4)16-10-14/h6-8,10-11,15H,5,9H2,1-4H3. The minimum atomic E-state index is 0.565. The highest BCUT2D eigenvalue weighted by atomic mass is 14.9. The molecule has 0 unspecified atom stereocenters. The second-order valence-electron chi connectivity index (χ2n) is 4.47. The molecule has 2 nitrogen and oxygen atoms in total. The summed E-state index contributed by atoms with van der Waals surface area (Å²) in [6, 6.07) is 4.75. The highest BCUT2D eigenvalue weighted by Gasteiger charge is 1.96. The molecule has 0 fully saturated rings. The third-order valence-electron chi connectivity index (χ3n) is 2.51. The Morgan fingerprint density at radius 3 is 2.75 bits per heavy atom. The smallest absolute Gasteiger partial charge is 0.0373 e. The fourth-order valence-electron chi connectivity index (χ4n) is 1.48. The van der Waals surface area contributed by atoms with Crippen molar-refractivity contribution in [2.24, 2.45) is 0 Å². The van der Waals surface area contributed by atoms with Gasteiger partial charge >= 0.3 is 0 Å². The van der Waals surface area contributed by atoms with Crippen LogP contribution < -0.4 is 5.32 Å². The van der Waals surface area contributed by atoms with Crippen molar-refractivity contribution in [1.82, 2.24) is 10.3 Å². The Hall–Kier alpha value is -1.15. The monoisotopic (exact) mass is 218 g/mol. The van der Waals surface area contributed by atoms with Crippen LogP contribution in [-0.2, 0) is 0 Å². The summed E-state index contributed by atoms with van der Waals surface area (Å²) in [4.78, 5) is 4.30. The molecule has 0 bridgehead atoms. The Labute approximate surface area is 98.8 Å². The van der Waals surface area contributed by atoms with Crippen LogP contribution in [0.4, 0.5) is 0 Å². The fraction of sp³-hybridized carbons (Fsp3) is 0.500. The van der Waals surface area contributed by atoms with Gasteiger partial charge in [-0.1, -0.05) is 26.0 Å². The number of hydrogen-bond donors (Lipinski definition) is 1. The largest absolute Gasteiger partial charge is 0.314 e. The van der Waals surface area contributed by atoms with E-state index in [-0.39, 0.29) is 0 Å². The molecule has 88 valence electrons. The highest BCUT2D eigenvalue weighted by Crippen LogP contribution is 2.12. The molecule has 0 saturated heterocycles. The van der Waals surface area contributed by atoms with E-state index >= 15 is 0 Å². The molecule has 0 aliphatic carbocycles. The lowest BCUT2D eigenvalue weighted by atomic mass is 10.1. The van der Waals surface area contributed by atoms with Crippen LogP contribution in [0.1, 0.15) is 38.4 Å². The molecular weight excluding hydrogens is 196 g/mol. The van der Waals surface area contributed by atoms with E-state index in [0.717, 1.165) is 18.7 Å². The van der Waals surface area contributed by atoms with Gasteiger partial charge in [0.2, 0.25) is 0 Å². The van der Waals surface area contributed by atoms with Gasteiger partial charge in [-0.25, -0.2) is 0 Å². The Morgan fingerprint density at radius 1 is 1.44 bits per heavy atom. The van der Waals surface area contributed by atoms with Crippen molar-refractivity contribution in [3.05, 3.63) is 35.7 Å². The molecule has 1 rings (SSSR count). The first-order valence-corrected chi connectivity index (χ1v) is 5.93. The van der Waals surface area contributed by atoms with Gasteiger partial charge in [0.05, 0.1) is 0 Å². The van der Waals surface area contributed by atoms with E-state index in [1.54, 1.807) is 0 Å². The number of aromatic nitrogens is 1. The van der Waals surface area contributed by atoms with E-state index < -0.39 is 0 Å². The summed E-state index contributed by atoms with van der Waals surface area (Å²) in [5, 5.41) is 3.40. The Bertz CT molecular complexity index is 336. The minimum absolute atomic E-state index is 0.565. The molecule has 1 aromatic heterocycles. The first-order valence-electron chi connectivity index (χ1n) is 5.93. The Kier molecular flexibility index (Phi) is 5.20. The molecule has 1 N–H and O–H groups in total. The second kappa shape index (κ2) is 6.44. The lowest BCUT2D eigenvalue weighted by Gasteiger charge is -2.06. The molecule has 0 aliphatic heterocycles. The maximum Gasteiger partial charge on any atom is 0.0373 e. The molecule has 16 heavy (non-hydrogen) atoms. The molecule has 2 heteroatoms. The van der Waals surface area contributed by atoms with Crippen molar-refractivity contribution in [3.63, 3.8) is 0 Å². The molecule has 0 radical (unpaired) electrons. The maximum atomic E-state index is 4.30. The Morgan fingerprint density at radius 2 is 2.19 bits per heavy atom. The first-order chi connectivity index (χ1) is 7.59. The second-order valence-corrected chi connectivity index (χ2v) is 4.47. The molecule has 0 aliphatic rings. The van der Waals surface area contributed by atoms with Crippen molar-refractivity contribution in [3.8, 4) is 0 Å². The quantitative estimate of drug-likeness (QED) is 0.768. The average molecular weight is 218 g/mol.